The lowest BCUT2D eigenvalue weighted by Crippen LogP contribution is -2.08. The Morgan fingerprint density at radius 1 is 1.33 bits per heavy atom. The molecule has 1 aliphatic rings. The number of fused-ring (bicyclic) bond motifs is 1. The molecule has 4 heteroatoms. The number of esters is 1. The molecular formula is C14H12ClNO2. The average molecular weight is 262 g/mol. The first-order valence-electron chi connectivity index (χ1n) is 5.96. The fourth-order valence-corrected chi connectivity index (χ4v) is 2.09. The number of ether oxygens (including phenoxy) is 1. The number of rotatable bonds is 3. The predicted molar refractivity (Wildman–Crippen MR) is 69.8 cm³/mol. The third kappa shape index (κ3) is 2.18. The van der Waals surface area contributed by atoms with E-state index < -0.39 is 0 Å². The van der Waals surface area contributed by atoms with Gasteiger partial charge in [0.05, 0.1) is 12.2 Å². The zero-order valence-corrected chi connectivity index (χ0v) is 10.5. The summed E-state index contributed by atoms with van der Waals surface area (Å²) in [7, 11) is 0. The lowest BCUT2D eigenvalue weighted by molar-refractivity contribution is 0.0488. The van der Waals surface area contributed by atoms with Crippen LogP contribution in [0.2, 0.25) is 5.15 Å². The zero-order valence-electron chi connectivity index (χ0n) is 9.73. The molecule has 0 unspecified atom stereocenters. The molecule has 18 heavy (non-hydrogen) atoms. The lowest BCUT2D eigenvalue weighted by Gasteiger charge is -2.07. The van der Waals surface area contributed by atoms with Crippen molar-refractivity contribution in [2.24, 2.45) is 5.92 Å². The topological polar surface area (TPSA) is 39.2 Å². The first kappa shape index (κ1) is 11.5. The number of pyridine rings is 1. The van der Waals surface area contributed by atoms with Gasteiger partial charge in [-0.15, -0.1) is 0 Å². The first-order valence-corrected chi connectivity index (χ1v) is 6.34. The van der Waals surface area contributed by atoms with Crippen LogP contribution in [0.3, 0.4) is 0 Å². The van der Waals surface area contributed by atoms with Crippen LogP contribution in [0.25, 0.3) is 10.8 Å². The SMILES string of the molecule is O=C(OCC1CC1)c1cnc(Cl)c2ccccc12. The van der Waals surface area contributed by atoms with Crippen LogP contribution in [0.4, 0.5) is 0 Å². The second-order valence-corrected chi connectivity index (χ2v) is 4.91. The van der Waals surface area contributed by atoms with E-state index in [2.05, 4.69) is 4.98 Å². The maximum Gasteiger partial charge on any atom is 0.340 e. The van der Waals surface area contributed by atoms with Gasteiger partial charge in [-0.25, -0.2) is 9.78 Å². The number of carbonyl (C=O) groups is 1. The monoisotopic (exact) mass is 261 g/mol. The maximum atomic E-state index is 12.0. The molecule has 2 aromatic rings. The highest BCUT2D eigenvalue weighted by molar-refractivity contribution is 6.34. The van der Waals surface area contributed by atoms with Crippen molar-refractivity contribution in [2.45, 2.75) is 12.8 Å². The Balaban J connectivity index is 1.95. The van der Waals surface area contributed by atoms with Crippen molar-refractivity contribution in [2.75, 3.05) is 6.61 Å². The minimum Gasteiger partial charge on any atom is -0.462 e. The van der Waals surface area contributed by atoms with Crippen molar-refractivity contribution in [3.8, 4) is 0 Å². The van der Waals surface area contributed by atoms with Gasteiger partial charge in [0, 0.05) is 17.0 Å². The van der Waals surface area contributed by atoms with Gasteiger partial charge in [0.15, 0.2) is 0 Å². The highest BCUT2D eigenvalue weighted by Crippen LogP contribution is 2.30. The van der Waals surface area contributed by atoms with Gasteiger partial charge in [-0.1, -0.05) is 35.9 Å². The Morgan fingerprint density at radius 2 is 2.06 bits per heavy atom. The number of hydrogen-bond donors (Lipinski definition) is 0. The van der Waals surface area contributed by atoms with Crippen molar-refractivity contribution < 1.29 is 9.53 Å². The normalized spacial score (nSPS) is 14.7. The van der Waals surface area contributed by atoms with E-state index in [4.69, 9.17) is 16.3 Å². The van der Waals surface area contributed by atoms with E-state index in [9.17, 15) is 4.79 Å². The summed E-state index contributed by atoms with van der Waals surface area (Å²) in [6, 6.07) is 7.45. The van der Waals surface area contributed by atoms with Crippen molar-refractivity contribution in [1.29, 1.82) is 0 Å². The maximum absolute atomic E-state index is 12.0. The van der Waals surface area contributed by atoms with Gasteiger partial charge in [-0.3, -0.25) is 0 Å². The molecule has 0 radical (unpaired) electrons. The summed E-state index contributed by atoms with van der Waals surface area (Å²) in [6.45, 7) is 0.510. The quantitative estimate of drug-likeness (QED) is 0.627. The molecule has 0 bridgehead atoms. The van der Waals surface area contributed by atoms with Crippen LogP contribution in [-0.4, -0.2) is 17.6 Å². The molecule has 3 nitrogen and oxygen atoms in total. The minimum atomic E-state index is -0.317. The van der Waals surface area contributed by atoms with Crippen molar-refractivity contribution in [1.82, 2.24) is 4.98 Å². The molecule has 3 rings (SSSR count). The zero-order chi connectivity index (χ0) is 12.5. The summed E-state index contributed by atoms with van der Waals surface area (Å²) < 4.78 is 5.28. The Hall–Kier alpha value is -1.61. The molecule has 1 fully saturated rings. The molecule has 1 saturated carbocycles. The molecule has 92 valence electrons. The summed E-state index contributed by atoms with van der Waals surface area (Å²) in [5.74, 6) is 0.239. The van der Waals surface area contributed by atoms with Gasteiger partial charge in [-0.2, -0.15) is 0 Å². The van der Waals surface area contributed by atoms with E-state index >= 15 is 0 Å². The standard InChI is InChI=1S/C14H12ClNO2/c15-13-11-4-2-1-3-10(11)12(7-16-13)14(17)18-8-9-5-6-9/h1-4,7,9H,5-6,8H2. The van der Waals surface area contributed by atoms with Gasteiger partial charge >= 0.3 is 5.97 Å². The Labute approximate surface area is 110 Å². The smallest absolute Gasteiger partial charge is 0.340 e. The van der Waals surface area contributed by atoms with Gasteiger partial charge < -0.3 is 4.74 Å². The number of aromatic nitrogens is 1. The summed E-state index contributed by atoms with van der Waals surface area (Å²) in [5, 5.41) is 1.97. The van der Waals surface area contributed by atoms with Crippen LogP contribution >= 0.6 is 11.6 Å². The van der Waals surface area contributed by atoms with Crippen molar-refractivity contribution in [3.05, 3.63) is 41.2 Å². The van der Waals surface area contributed by atoms with E-state index in [1.807, 2.05) is 24.3 Å². The number of carbonyl (C=O) groups excluding carboxylic acids is 1. The summed E-state index contributed by atoms with van der Waals surface area (Å²) in [4.78, 5) is 16.0. The predicted octanol–water partition coefficient (Wildman–Crippen LogP) is 3.46. The summed E-state index contributed by atoms with van der Waals surface area (Å²) in [5.41, 5.74) is 0.482. The van der Waals surface area contributed by atoms with Gasteiger partial charge in [0.2, 0.25) is 0 Å². The number of halogens is 1. The van der Waals surface area contributed by atoms with E-state index in [1.54, 1.807) is 0 Å². The number of nitrogens with zero attached hydrogens (tertiary/aromatic N) is 1. The van der Waals surface area contributed by atoms with Crippen LogP contribution in [0.5, 0.6) is 0 Å². The summed E-state index contributed by atoms with van der Waals surface area (Å²) >= 11 is 6.01. The lowest BCUT2D eigenvalue weighted by atomic mass is 10.1. The van der Waals surface area contributed by atoms with E-state index in [-0.39, 0.29) is 5.97 Å². The molecule has 1 aromatic heterocycles. The fourth-order valence-electron chi connectivity index (χ4n) is 1.88. The van der Waals surface area contributed by atoms with Crippen LogP contribution in [0.15, 0.2) is 30.5 Å². The molecule has 0 atom stereocenters. The first-order chi connectivity index (χ1) is 8.75. The summed E-state index contributed by atoms with van der Waals surface area (Å²) in [6.07, 6.45) is 3.81. The minimum absolute atomic E-state index is 0.317. The molecule has 1 heterocycles. The third-order valence-corrected chi connectivity index (χ3v) is 3.41. The van der Waals surface area contributed by atoms with Gasteiger partial charge in [-0.05, 0) is 18.8 Å². The largest absolute Gasteiger partial charge is 0.462 e. The Bertz CT molecular complexity index is 608. The third-order valence-electron chi connectivity index (χ3n) is 3.11. The van der Waals surface area contributed by atoms with Gasteiger partial charge in [0.1, 0.15) is 5.15 Å². The molecule has 0 amide bonds. The van der Waals surface area contributed by atoms with E-state index in [0.29, 0.717) is 23.2 Å². The highest BCUT2D eigenvalue weighted by atomic mass is 35.5. The van der Waals surface area contributed by atoms with Crippen LogP contribution in [0.1, 0.15) is 23.2 Å². The van der Waals surface area contributed by atoms with Crippen LogP contribution in [0, 0.1) is 5.92 Å². The van der Waals surface area contributed by atoms with Gasteiger partial charge in [0.25, 0.3) is 0 Å². The number of benzene rings is 1. The van der Waals surface area contributed by atoms with Crippen molar-refractivity contribution in [3.63, 3.8) is 0 Å². The van der Waals surface area contributed by atoms with Crippen LogP contribution in [-0.2, 0) is 4.74 Å². The van der Waals surface area contributed by atoms with E-state index in [0.717, 1.165) is 23.6 Å². The fraction of sp³-hybridized carbons (Fsp3) is 0.286. The molecular weight excluding hydrogens is 250 g/mol. The number of hydrogen-bond acceptors (Lipinski definition) is 3. The van der Waals surface area contributed by atoms with Crippen molar-refractivity contribution >= 4 is 28.3 Å². The molecule has 0 aliphatic heterocycles. The Kier molecular flexibility index (Phi) is 2.92. The molecule has 0 spiro atoms. The second kappa shape index (κ2) is 4.58. The second-order valence-electron chi connectivity index (χ2n) is 4.55. The highest BCUT2D eigenvalue weighted by Gasteiger charge is 2.24. The van der Waals surface area contributed by atoms with E-state index in [1.165, 1.54) is 6.20 Å². The average Bonchev–Trinajstić information content (AvgIpc) is 3.21. The Morgan fingerprint density at radius 3 is 2.78 bits per heavy atom. The molecule has 1 aromatic carbocycles. The molecule has 1 aliphatic carbocycles. The van der Waals surface area contributed by atoms with Crippen LogP contribution < -0.4 is 0 Å². The molecule has 0 N–H and O–H groups in total. The molecule has 0 saturated heterocycles.